The van der Waals surface area contributed by atoms with Gasteiger partial charge in [-0.2, -0.15) is 4.98 Å². The number of sulfonamides is 1. The van der Waals surface area contributed by atoms with Crippen molar-refractivity contribution in [1.29, 1.82) is 0 Å². The monoisotopic (exact) mass is 1210 g/mol. The number of nitrogens with zero attached hydrogens (tertiary/aromatic N) is 9. The summed E-state index contributed by atoms with van der Waals surface area (Å²) >= 11 is 0. The van der Waals surface area contributed by atoms with Gasteiger partial charge in [0.1, 0.15) is 24.0 Å². The van der Waals surface area contributed by atoms with Crippen LogP contribution in [0.3, 0.4) is 0 Å². The Balaban J connectivity index is 0.676. The van der Waals surface area contributed by atoms with Gasteiger partial charge in [0.05, 0.1) is 72.8 Å². The van der Waals surface area contributed by atoms with Gasteiger partial charge >= 0.3 is 0 Å². The number of amides is 1. The smallest absolute Gasteiger partial charge is 0.297 e. The molecule has 6 saturated heterocycles. The standard InChI is InChI=1S/C63H74N12O11S/c1-39-5-3-4-6-48(39)54-35-69(32-40-23-56(81-2)60(65-31-40)71-18-21-82-22-19-71)16-17-73(54)45-29-63(30-45)11-14-70(15-12-63)43-7-8-49(51(26-43)74-50-10-20-83-38-57(50)86-62-53(74)24-41-9-13-64-59(41)67-62)61(76)68-87(79,80)47-27-52(75(77)78)58-55(28-47)85-36-42(66-58)33-72-34-46-25-44(72)37-84-46/h3-9,13,23-24,26-28,31,42,44-46,50,54,57,66H,10-12,14-22,25,29-30,32-38H2,1-2H3,(H,64,67)(H,68,76)/t42-,44+,46+,50-,54-,57-/m0/s1. The summed E-state index contributed by atoms with van der Waals surface area (Å²) in [6.45, 7) is 13.3. The average Bonchev–Trinajstić information content (AvgIpc) is 1.50. The Labute approximate surface area is 505 Å². The number of carbonyl (C=O) groups excluding carboxylic acids is 1. The number of methoxy groups -OCH3 is 1. The number of nitro benzene ring substituents is 1. The number of benzene rings is 3. The maximum Gasteiger partial charge on any atom is 0.297 e. The van der Waals surface area contributed by atoms with E-state index in [2.05, 4.69) is 81.7 Å². The lowest BCUT2D eigenvalue weighted by Gasteiger charge is -2.58. The van der Waals surface area contributed by atoms with Crippen LogP contribution < -0.4 is 38.9 Å². The van der Waals surface area contributed by atoms with Crippen molar-refractivity contribution in [2.45, 2.75) is 99.3 Å². The van der Waals surface area contributed by atoms with Crippen LogP contribution in [-0.4, -0.2) is 191 Å². The highest BCUT2D eigenvalue weighted by atomic mass is 32.2. The molecule has 23 nitrogen and oxygen atoms in total. The first kappa shape index (κ1) is 56.2. The normalized spacial score (nSPS) is 25.7. The highest BCUT2D eigenvalue weighted by Gasteiger charge is 2.51. The van der Waals surface area contributed by atoms with Crippen LogP contribution in [0.5, 0.6) is 17.4 Å². The predicted octanol–water partition coefficient (Wildman–Crippen LogP) is 6.78. The number of aromatic nitrogens is 3. The van der Waals surface area contributed by atoms with Crippen molar-refractivity contribution >= 4 is 61.2 Å². The van der Waals surface area contributed by atoms with Crippen molar-refractivity contribution in [2.24, 2.45) is 5.41 Å². The number of hydrogen-bond acceptors (Lipinski definition) is 20. The van der Waals surface area contributed by atoms with Crippen LogP contribution in [0.4, 0.5) is 34.3 Å². The van der Waals surface area contributed by atoms with Crippen LogP contribution >= 0.6 is 0 Å². The number of H-pyrrole nitrogens is 1. The van der Waals surface area contributed by atoms with E-state index in [1.807, 2.05) is 36.7 Å². The molecule has 1 aliphatic carbocycles. The minimum absolute atomic E-state index is 0.0203. The summed E-state index contributed by atoms with van der Waals surface area (Å²) in [5.74, 6) is 1.15. The summed E-state index contributed by atoms with van der Waals surface area (Å²) in [6.07, 6.45) is 9.31. The summed E-state index contributed by atoms with van der Waals surface area (Å²) in [4.78, 5) is 53.9. The molecule has 0 radical (unpaired) electrons. The van der Waals surface area contributed by atoms with Crippen LogP contribution in [0.25, 0.3) is 11.0 Å². The number of likely N-dealkylation sites (tertiary alicyclic amines) is 1. The largest absolute Gasteiger partial charge is 0.493 e. The van der Waals surface area contributed by atoms with E-state index in [1.54, 1.807) is 13.2 Å². The molecule has 15 rings (SSSR count). The number of hydrogen-bond donors (Lipinski definition) is 3. The van der Waals surface area contributed by atoms with Crippen LogP contribution in [-0.2, 0) is 30.8 Å². The van der Waals surface area contributed by atoms with Crippen molar-refractivity contribution in [3.63, 3.8) is 0 Å². The van der Waals surface area contributed by atoms with E-state index in [-0.39, 0.29) is 65.9 Å². The van der Waals surface area contributed by atoms with Gasteiger partial charge in [-0.05, 0) is 104 Å². The van der Waals surface area contributed by atoms with Gasteiger partial charge in [-0.25, -0.2) is 18.1 Å². The average molecular weight is 1210 g/mol. The van der Waals surface area contributed by atoms with Gasteiger partial charge in [0.2, 0.25) is 5.88 Å². The molecule has 1 amide bonds. The molecule has 6 aromatic rings. The molecule has 9 aliphatic rings. The van der Waals surface area contributed by atoms with Crippen LogP contribution in [0.1, 0.15) is 71.6 Å². The molecule has 8 aliphatic heterocycles. The van der Waals surface area contributed by atoms with Gasteiger partial charge < -0.3 is 53.4 Å². The fraction of sp³-hybridized carbons (Fsp3) is 0.508. The first-order valence-corrected chi connectivity index (χ1v) is 32.3. The number of ether oxygens (including phenoxy) is 6. The minimum Gasteiger partial charge on any atom is -0.493 e. The molecule has 0 unspecified atom stereocenters. The van der Waals surface area contributed by atoms with E-state index in [0.717, 1.165) is 125 Å². The Bertz CT molecular complexity index is 3740. The van der Waals surface area contributed by atoms with E-state index in [9.17, 15) is 23.3 Å². The number of aromatic amines is 1. The van der Waals surface area contributed by atoms with Crippen molar-refractivity contribution in [1.82, 2.24) is 34.4 Å². The quantitative estimate of drug-likeness (QED) is 0.0753. The molecular formula is C63H74N12O11S. The number of nitrogens with one attached hydrogen (secondary N) is 3. The van der Waals surface area contributed by atoms with E-state index in [4.69, 9.17) is 38.4 Å². The molecule has 1 saturated carbocycles. The summed E-state index contributed by atoms with van der Waals surface area (Å²) < 4.78 is 67.3. The van der Waals surface area contributed by atoms with Gasteiger partial charge in [-0.3, -0.25) is 29.6 Å². The van der Waals surface area contributed by atoms with Gasteiger partial charge in [0, 0.05) is 126 Å². The highest BCUT2D eigenvalue weighted by molar-refractivity contribution is 7.90. The van der Waals surface area contributed by atoms with Crippen LogP contribution in [0, 0.1) is 22.5 Å². The number of piperidine rings is 1. The third-order valence-electron chi connectivity index (χ3n) is 20.0. The van der Waals surface area contributed by atoms with Crippen molar-refractivity contribution in [2.75, 3.05) is 126 Å². The minimum atomic E-state index is -4.73. The molecule has 458 valence electrons. The fourth-order valence-corrected chi connectivity index (χ4v) is 16.4. The van der Waals surface area contributed by atoms with Crippen molar-refractivity contribution < 1.29 is 46.6 Å². The van der Waals surface area contributed by atoms with Crippen molar-refractivity contribution in [3.05, 3.63) is 118 Å². The molecule has 7 fully saturated rings. The molecule has 3 aromatic heterocycles. The van der Waals surface area contributed by atoms with Crippen LogP contribution in [0.2, 0.25) is 0 Å². The van der Waals surface area contributed by atoms with E-state index >= 15 is 0 Å². The third-order valence-corrected chi connectivity index (χ3v) is 21.3. The second-order valence-electron chi connectivity index (χ2n) is 25.2. The van der Waals surface area contributed by atoms with E-state index in [0.29, 0.717) is 68.3 Å². The zero-order chi connectivity index (χ0) is 59.1. The zero-order valence-corrected chi connectivity index (χ0v) is 49.9. The molecule has 3 aromatic carbocycles. The molecule has 87 heavy (non-hydrogen) atoms. The number of pyridine rings is 2. The first-order chi connectivity index (χ1) is 42.3. The SMILES string of the molecule is COc1cc(CN2CCN(C3CC4(CCN(c5ccc(C(=O)NS(=O)(=O)c6cc7c(c([N+](=O)[O-])c6)N[C@@H](CN6C[C@H]8C[C@@H]6CO8)CO7)c(N6c7cc8cc[nH]c8nc7O[C@H]7COCC[C@@H]76)c5)CC4)C3)[C@H](c3ccccc3C)C2)cnc1N1CCOCC1. The number of rotatable bonds is 14. The number of anilines is 5. The third kappa shape index (κ3) is 10.6. The molecule has 1 spiro atoms. The Hall–Kier alpha value is -7.32. The van der Waals surface area contributed by atoms with Crippen LogP contribution in [0.15, 0.2) is 90.1 Å². The lowest BCUT2D eigenvalue weighted by molar-refractivity contribution is -0.384. The number of fused-ring (bicyclic) bond motifs is 6. The lowest BCUT2D eigenvalue weighted by atomic mass is 9.59. The Morgan fingerprint density at radius 2 is 1.76 bits per heavy atom. The van der Waals surface area contributed by atoms with E-state index < -0.39 is 37.5 Å². The summed E-state index contributed by atoms with van der Waals surface area (Å²) in [6, 6.07) is 23.1. The predicted molar refractivity (Wildman–Crippen MR) is 325 cm³/mol. The molecule has 11 heterocycles. The number of aryl methyl sites for hydroxylation is 1. The molecule has 24 heteroatoms. The van der Waals surface area contributed by atoms with Gasteiger partial charge in [-0.15, -0.1) is 0 Å². The fourth-order valence-electron chi connectivity index (χ4n) is 15.4. The number of nitro groups is 1. The van der Waals surface area contributed by atoms with E-state index in [1.165, 1.54) is 17.2 Å². The Kier molecular flexibility index (Phi) is 14.7. The first-order valence-electron chi connectivity index (χ1n) is 30.8. The summed E-state index contributed by atoms with van der Waals surface area (Å²) in [7, 11) is -3.00. The van der Waals surface area contributed by atoms with Gasteiger partial charge in [0.15, 0.2) is 23.0 Å². The molecule has 6 atom stereocenters. The molecule has 2 bridgehead atoms. The number of piperazine rings is 1. The highest BCUT2D eigenvalue weighted by Crippen LogP contribution is 2.54. The van der Waals surface area contributed by atoms with Crippen molar-refractivity contribution in [3.8, 4) is 17.4 Å². The topological polar surface area (TPSA) is 235 Å². The lowest BCUT2D eigenvalue weighted by Crippen LogP contribution is -2.59. The second kappa shape index (κ2) is 22.7. The number of morpholine rings is 2. The van der Waals surface area contributed by atoms with Gasteiger partial charge in [-0.1, -0.05) is 24.3 Å². The summed E-state index contributed by atoms with van der Waals surface area (Å²) in [5, 5.41) is 16.8. The molecular weight excluding hydrogens is 1130 g/mol. The number of carbonyl (C=O) groups is 1. The maximum absolute atomic E-state index is 15.0. The maximum atomic E-state index is 15.0. The Morgan fingerprint density at radius 1 is 0.908 bits per heavy atom. The molecule has 3 N–H and O–H groups in total. The zero-order valence-electron chi connectivity index (χ0n) is 49.1. The van der Waals surface area contributed by atoms with Gasteiger partial charge in [0.25, 0.3) is 21.6 Å². The second-order valence-corrected chi connectivity index (χ2v) is 26.9. The Morgan fingerprint density at radius 3 is 2.55 bits per heavy atom. The summed E-state index contributed by atoms with van der Waals surface area (Å²) in [5.41, 5.74) is 6.40.